The molecule has 2 heterocycles. The average molecular weight is 381 g/mol. The molecule has 2 aromatic carbocycles. The van der Waals surface area contributed by atoms with Crippen molar-refractivity contribution in [3.63, 3.8) is 0 Å². The average Bonchev–Trinajstić information content (AvgIpc) is 2.73. The Morgan fingerprint density at radius 2 is 2.00 bits per heavy atom. The maximum absolute atomic E-state index is 12.9. The van der Waals surface area contributed by atoms with Crippen molar-refractivity contribution in [1.29, 1.82) is 0 Å². The van der Waals surface area contributed by atoms with Crippen LogP contribution in [0, 0.1) is 0 Å². The molecule has 28 heavy (non-hydrogen) atoms. The lowest BCUT2D eigenvalue weighted by atomic mass is 10.0. The summed E-state index contributed by atoms with van der Waals surface area (Å²) >= 11 is 0. The predicted molar refractivity (Wildman–Crippen MR) is 108 cm³/mol. The van der Waals surface area contributed by atoms with E-state index < -0.39 is 0 Å². The van der Waals surface area contributed by atoms with Crippen LogP contribution < -0.4 is 10.6 Å². The number of carbonyl (C=O) groups is 2. The molecule has 6 heteroatoms. The Kier molecular flexibility index (Phi) is 5.59. The molecular weight excluding hydrogens is 354 g/mol. The van der Waals surface area contributed by atoms with Crippen molar-refractivity contribution in [1.82, 2.24) is 15.5 Å². The van der Waals surface area contributed by atoms with Crippen molar-refractivity contribution in [3.8, 4) is 0 Å². The van der Waals surface area contributed by atoms with Gasteiger partial charge in [-0.15, -0.1) is 0 Å². The number of ether oxygens (including phenoxy) is 1. The Hall–Kier alpha value is -2.44. The molecule has 2 aromatic rings. The van der Waals surface area contributed by atoms with Crippen LogP contribution in [0.4, 0.5) is 0 Å². The number of hydrogen-bond acceptors (Lipinski definition) is 4. The predicted octanol–water partition coefficient (Wildman–Crippen LogP) is 1.94. The van der Waals surface area contributed by atoms with E-state index in [-0.39, 0.29) is 30.0 Å². The Bertz CT molecular complexity index is 869. The lowest BCUT2D eigenvalue weighted by Crippen LogP contribution is -2.59. The van der Waals surface area contributed by atoms with E-state index in [1.165, 1.54) is 0 Å². The largest absolute Gasteiger partial charge is 0.375 e. The van der Waals surface area contributed by atoms with Crippen molar-refractivity contribution < 1.29 is 14.3 Å². The molecule has 2 fully saturated rings. The second kappa shape index (κ2) is 8.29. The SMILES string of the molecule is C[C@H]1OCCN[C@@H]1C(=O)N1CCCC(NC(=O)c2ccc3ccccc3c2)C1. The van der Waals surface area contributed by atoms with Gasteiger partial charge in [0.15, 0.2) is 0 Å². The molecule has 0 aromatic heterocycles. The monoisotopic (exact) mass is 381 g/mol. The van der Waals surface area contributed by atoms with Crippen LogP contribution in [0.15, 0.2) is 42.5 Å². The van der Waals surface area contributed by atoms with Gasteiger partial charge >= 0.3 is 0 Å². The zero-order valence-electron chi connectivity index (χ0n) is 16.2. The van der Waals surface area contributed by atoms with Gasteiger partial charge in [0.25, 0.3) is 5.91 Å². The van der Waals surface area contributed by atoms with Crippen LogP contribution in [0.1, 0.15) is 30.1 Å². The molecule has 0 bridgehead atoms. The third-order valence-corrected chi connectivity index (χ3v) is 5.66. The third-order valence-electron chi connectivity index (χ3n) is 5.66. The molecule has 1 unspecified atom stereocenters. The van der Waals surface area contributed by atoms with Crippen LogP contribution in [-0.4, -0.2) is 61.1 Å². The standard InChI is InChI=1S/C22H27N3O3/c1-15-20(23-10-12-28-15)22(27)25-11-4-7-19(14-25)24-21(26)18-9-8-16-5-2-3-6-17(16)13-18/h2-3,5-6,8-9,13,15,19-20,23H,4,7,10-12,14H2,1H3,(H,24,26)/t15-,19?,20+/m1/s1. The number of carbonyl (C=O) groups excluding carboxylic acids is 2. The van der Waals surface area contributed by atoms with Crippen LogP contribution in [0.3, 0.4) is 0 Å². The summed E-state index contributed by atoms with van der Waals surface area (Å²) in [4.78, 5) is 27.5. The molecule has 0 radical (unpaired) electrons. The fourth-order valence-corrected chi connectivity index (χ4v) is 4.10. The number of hydrogen-bond donors (Lipinski definition) is 2. The van der Waals surface area contributed by atoms with Gasteiger partial charge in [-0.1, -0.05) is 30.3 Å². The Morgan fingerprint density at radius 1 is 1.18 bits per heavy atom. The quantitative estimate of drug-likeness (QED) is 0.852. The molecule has 4 rings (SSSR count). The van der Waals surface area contributed by atoms with Crippen molar-refractivity contribution >= 4 is 22.6 Å². The normalized spacial score (nSPS) is 25.5. The second-order valence-corrected chi connectivity index (χ2v) is 7.67. The molecule has 0 aliphatic carbocycles. The molecule has 0 saturated carbocycles. The van der Waals surface area contributed by atoms with Gasteiger partial charge in [-0.05, 0) is 42.7 Å². The lowest BCUT2D eigenvalue weighted by Gasteiger charge is -2.38. The van der Waals surface area contributed by atoms with Gasteiger partial charge in [0.05, 0.1) is 12.7 Å². The van der Waals surface area contributed by atoms with Crippen LogP contribution in [0.25, 0.3) is 10.8 Å². The van der Waals surface area contributed by atoms with Gasteiger partial charge < -0.3 is 20.3 Å². The van der Waals surface area contributed by atoms with Crippen LogP contribution in [-0.2, 0) is 9.53 Å². The lowest BCUT2D eigenvalue weighted by molar-refractivity contribution is -0.140. The van der Waals surface area contributed by atoms with E-state index in [2.05, 4.69) is 10.6 Å². The van der Waals surface area contributed by atoms with Crippen molar-refractivity contribution in [3.05, 3.63) is 48.0 Å². The zero-order valence-corrected chi connectivity index (χ0v) is 16.2. The van der Waals surface area contributed by atoms with E-state index in [1.54, 1.807) is 0 Å². The first-order valence-electron chi connectivity index (χ1n) is 10.1. The summed E-state index contributed by atoms with van der Waals surface area (Å²) < 4.78 is 5.61. The molecule has 2 N–H and O–H groups in total. The molecule has 2 saturated heterocycles. The molecule has 6 nitrogen and oxygen atoms in total. The van der Waals surface area contributed by atoms with E-state index >= 15 is 0 Å². The topological polar surface area (TPSA) is 70.7 Å². The van der Waals surface area contributed by atoms with E-state index in [1.807, 2.05) is 54.3 Å². The van der Waals surface area contributed by atoms with Crippen LogP contribution >= 0.6 is 0 Å². The van der Waals surface area contributed by atoms with Gasteiger partial charge in [-0.2, -0.15) is 0 Å². The number of amides is 2. The van der Waals surface area contributed by atoms with Gasteiger partial charge in [0, 0.05) is 31.2 Å². The minimum atomic E-state index is -0.302. The molecule has 3 atom stereocenters. The number of fused-ring (bicyclic) bond motifs is 1. The number of nitrogens with zero attached hydrogens (tertiary/aromatic N) is 1. The summed E-state index contributed by atoms with van der Waals surface area (Å²) in [5.74, 6) is -0.0191. The maximum atomic E-state index is 12.9. The Morgan fingerprint density at radius 3 is 2.82 bits per heavy atom. The number of rotatable bonds is 3. The third kappa shape index (κ3) is 4.03. The molecule has 0 spiro atoms. The van der Waals surface area contributed by atoms with Gasteiger partial charge in [0.2, 0.25) is 5.91 Å². The first-order chi connectivity index (χ1) is 13.6. The van der Waals surface area contributed by atoms with E-state index in [4.69, 9.17) is 4.74 Å². The second-order valence-electron chi connectivity index (χ2n) is 7.67. The summed E-state index contributed by atoms with van der Waals surface area (Å²) in [6, 6.07) is 13.4. The van der Waals surface area contributed by atoms with Crippen molar-refractivity contribution in [2.24, 2.45) is 0 Å². The minimum absolute atomic E-state index is 0.0310. The number of piperidine rings is 1. The van der Waals surface area contributed by atoms with E-state index in [9.17, 15) is 9.59 Å². The summed E-state index contributed by atoms with van der Waals surface area (Å²) in [5.41, 5.74) is 0.651. The van der Waals surface area contributed by atoms with Crippen molar-refractivity contribution in [2.45, 2.75) is 38.0 Å². The Labute approximate surface area is 165 Å². The van der Waals surface area contributed by atoms with Crippen LogP contribution in [0.5, 0.6) is 0 Å². The summed E-state index contributed by atoms with van der Waals surface area (Å²) in [6.07, 6.45) is 1.64. The first kappa shape index (κ1) is 18.9. The fourth-order valence-electron chi connectivity index (χ4n) is 4.10. The highest BCUT2D eigenvalue weighted by Crippen LogP contribution is 2.18. The number of nitrogens with one attached hydrogen (secondary N) is 2. The van der Waals surface area contributed by atoms with Gasteiger partial charge in [-0.25, -0.2) is 0 Å². The minimum Gasteiger partial charge on any atom is -0.375 e. The first-order valence-corrected chi connectivity index (χ1v) is 10.1. The zero-order chi connectivity index (χ0) is 19.5. The number of benzene rings is 2. The number of likely N-dealkylation sites (tertiary alicyclic amines) is 1. The Balaban J connectivity index is 1.40. The number of morpholine rings is 1. The molecule has 2 aliphatic heterocycles. The molecular formula is C22H27N3O3. The highest BCUT2D eigenvalue weighted by atomic mass is 16.5. The molecule has 2 amide bonds. The highest BCUT2D eigenvalue weighted by Gasteiger charge is 2.34. The van der Waals surface area contributed by atoms with Gasteiger partial charge in [-0.3, -0.25) is 9.59 Å². The van der Waals surface area contributed by atoms with E-state index in [0.717, 1.165) is 30.2 Å². The maximum Gasteiger partial charge on any atom is 0.251 e. The van der Waals surface area contributed by atoms with Crippen LogP contribution in [0.2, 0.25) is 0 Å². The molecule has 2 aliphatic rings. The van der Waals surface area contributed by atoms with E-state index in [0.29, 0.717) is 25.3 Å². The van der Waals surface area contributed by atoms with Gasteiger partial charge in [0.1, 0.15) is 6.04 Å². The highest BCUT2D eigenvalue weighted by molar-refractivity contribution is 5.98. The summed E-state index contributed by atoms with van der Waals surface area (Å²) in [7, 11) is 0. The summed E-state index contributed by atoms with van der Waals surface area (Å²) in [5, 5.41) is 8.54. The smallest absolute Gasteiger partial charge is 0.251 e. The van der Waals surface area contributed by atoms with Crippen molar-refractivity contribution in [2.75, 3.05) is 26.2 Å². The summed E-state index contributed by atoms with van der Waals surface area (Å²) in [6.45, 7) is 4.53. The molecule has 148 valence electrons. The fraction of sp³-hybridized carbons (Fsp3) is 0.455.